The van der Waals surface area contributed by atoms with Crippen molar-refractivity contribution in [3.8, 4) is 21.9 Å². The van der Waals surface area contributed by atoms with E-state index in [1.807, 2.05) is 28.5 Å². The van der Waals surface area contributed by atoms with Crippen LogP contribution in [0.5, 0.6) is 11.5 Å². The second-order valence-corrected chi connectivity index (χ2v) is 7.17. The number of ether oxygens (including phenoxy) is 1. The lowest BCUT2D eigenvalue weighted by Gasteiger charge is -2.20. The summed E-state index contributed by atoms with van der Waals surface area (Å²) in [6, 6.07) is 11.5. The Bertz CT molecular complexity index is 908. The second-order valence-electron chi connectivity index (χ2n) is 6.22. The lowest BCUT2D eigenvalue weighted by molar-refractivity contribution is 0.213. The molecule has 0 saturated carbocycles. The molecule has 134 valence electrons. The third-order valence-corrected chi connectivity index (χ3v) is 5.36. The lowest BCUT2D eigenvalue weighted by atomic mass is 10.1. The van der Waals surface area contributed by atoms with Crippen molar-refractivity contribution >= 4 is 11.3 Å². The number of fused-ring (bicyclic) bond motifs is 1. The summed E-state index contributed by atoms with van der Waals surface area (Å²) in [6.45, 7) is 1.44. The Hall–Kier alpha value is -2.44. The maximum absolute atomic E-state index is 14.0. The first-order valence-electron chi connectivity index (χ1n) is 8.29. The number of hydrogen-bond donors (Lipinski definition) is 1. The zero-order valence-electron chi connectivity index (χ0n) is 13.9. The van der Waals surface area contributed by atoms with Gasteiger partial charge in [0, 0.05) is 35.6 Å². The Balaban J connectivity index is 1.65. The molecular weight excluding hydrogens is 356 g/mol. The number of benzene rings is 2. The van der Waals surface area contributed by atoms with Crippen LogP contribution in [0.2, 0.25) is 0 Å². The minimum atomic E-state index is -0.550. The molecule has 2 heterocycles. The van der Waals surface area contributed by atoms with Crippen LogP contribution in [-0.2, 0) is 13.1 Å². The second kappa shape index (κ2) is 7.05. The van der Waals surface area contributed by atoms with Crippen LogP contribution in [0.3, 0.4) is 0 Å². The summed E-state index contributed by atoms with van der Waals surface area (Å²) in [4.78, 5) is 2.96. The number of phenols is 1. The van der Waals surface area contributed by atoms with Gasteiger partial charge in [0.05, 0.1) is 0 Å². The Morgan fingerprint density at radius 1 is 1.12 bits per heavy atom. The molecule has 1 aliphatic rings. The van der Waals surface area contributed by atoms with Gasteiger partial charge in [-0.2, -0.15) is 0 Å². The van der Waals surface area contributed by atoms with Gasteiger partial charge in [0.25, 0.3) is 0 Å². The molecule has 0 radical (unpaired) electrons. The SMILES string of the molecule is Oc1cc(-c2cccs2)cc2c1OCCN(Cc1c(F)cccc1F)C2. The molecule has 4 rings (SSSR count). The fraction of sp³-hybridized carbons (Fsp3) is 0.200. The number of rotatable bonds is 3. The fourth-order valence-electron chi connectivity index (χ4n) is 3.18. The highest BCUT2D eigenvalue weighted by molar-refractivity contribution is 7.13. The van der Waals surface area contributed by atoms with E-state index in [1.165, 1.54) is 18.2 Å². The van der Waals surface area contributed by atoms with E-state index in [1.54, 1.807) is 17.4 Å². The van der Waals surface area contributed by atoms with Crippen LogP contribution in [0.25, 0.3) is 10.4 Å². The van der Waals surface area contributed by atoms with E-state index in [2.05, 4.69) is 0 Å². The molecule has 3 aromatic rings. The van der Waals surface area contributed by atoms with E-state index in [-0.39, 0.29) is 17.9 Å². The maximum Gasteiger partial charge on any atom is 0.165 e. The first kappa shape index (κ1) is 17.0. The number of thiophene rings is 1. The predicted octanol–water partition coefficient (Wildman–Crippen LogP) is 4.79. The Morgan fingerprint density at radius 3 is 2.65 bits per heavy atom. The molecule has 0 atom stereocenters. The zero-order valence-corrected chi connectivity index (χ0v) is 14.7. The van der Waals surface area contributed by atoms with E-state index in [9.17, 15) is 13.9 Å². The molecule has 0 saturated heterocycles. The molecule has 1 aliphatic heterocycles. The number of phenolic OH excluding ortho intramolecular Hbond substituents is 1. The first-order chi connectivity index (χ1) is 12.6. The summed E-state index contributed by atoms with van der Waals surface area (Å²) in [5, 5.41) is 12.3. The minimum absolute atomic E-state index is 0.0505. The molecule has 0 amide bonds. The number of hydrogen-bond acceptors (Lipinski definition) is 4. The van der Waals surface area contributed by atoms with Crippen molar-refractivity contribution in [2.45, 2.75) is 13.1 Å². The highest BCUT2D eigenvalue weighted by Crippen LogP contribution is 2.39. The normalized spacial score (nSPS) is 14.5. The molecule has 2 aromatic carbocycles. The van der Waals surface area contributed by atoms with E-state index in [0.717, 1.165) is 16.0 Å². The monoisotopic (exact) mass is 373 g/mol. The van der Waals surface area contributed by atoms with E-state index in [0.29, 0.717) is 25.4 Å². The molecule has 0 fully saturated rings. The van der Waals surface area contributed by atoms with Gasteiger partial charge in [0.15, 0.2) is 11.5 Å². The number of halogens is 2. The molecule has 3 nitrogen and oxygen atoms in total. The van der Waals surface area contributed by atoms with Gasteiger partial charge in [-0.3, -0.25) is 4.90 Å². The summed E-state index contributed by atoms with van der Waals surface area (Å²) in [5.74, 6) is -0.567. The topological polar surface area (TPSA) is 32.7 Å². The average Bonchev–Trinajstić information content (AvgIpc) is 3.06. The number of nitrogens with zero attached hydrogens (tertiary/aromatic N) is 1. The third kappa shape index (κ3) is 3.30. The van der Waals surface area contributed by atoms with Crippen LogP contribution in [0, 0.1) is 11.6 Å². The van der Waals surface area contributed by atoms with E-state index in [4.69, 9.17) is 4.74 Å². The quantitative estimate of drug-likeness (QED) is 0.716. The third-order valence-electron chi connectivity index (χ3n) is 4.44. The number of aromatic hydroxyl groups is 1. The van der Waals surface area contributed by atoms with Gasteiger partial charge in [-0.15, -0.1) is 11.3 Å². The van der Waals surface area contributed by atoms with Gasteiger partial charge >= 0.3 is 0 Å². The molecular formula is C20H17F2NO2S. The highest BCUT2D eigenvalue weighted by atomic mass is 32.1. The standard InChI is InChI=1S/C20H17F2NO2S/c21-16-3-1-4-17(22)15(16)12-23-6-7-25-20-14(11-23)9-13(10-18(20)24)19-5-2-8-26-19/h1-5,8-10,24H,6-7,11-12H2. The van der Waals surface area contributed by atoms with Crippen LogP contribution in [-0.4, -0.2) is 23.2 Å². The van der Waals surface area contributed by atoms with Gasteiger partial charge in [-0.25, -0.2) is 8.78 Å². The average molecular weight is 373 g/mol. The maximum atomic E-state index is 14.0. The molecule has 0 spiro atoms. The largest absolute Gasteiger partial charge is 0.504 e. The van der Waals surface area contributed by atoms with Crippen molar-refractivity contribution in [2.75, 3.05) is 13.2 Å². The molecule has 26 heavy (non-hydrogen) atoms. The first-order valence-corrected chi connectivity index (χ1v) is 9.17. The smallest absolute Gasteiger partial charge is 0.165 e. The minimum Gasteiger partial charge on any atom is -0.504 e. The van der Waals surface area contributed by atoms with Crippen molar-refractivity contribution in [1.29, 1.82) is 0 Å². The van der Waals surface area contributed by atoms with Gasteiger partial charge in [0.2, 0.25) is 0 Å². The highest BCUT2D eigenvalue weighted by Gasteiger charge is 2.22. The Kier molecular flexibility index (Phi) is 4.61. The summed E-state index contributed by atoms with van der Waals surface area (Å²) >= 11 is 1.58. The van der Waals surface area contributed by atoms with Crippen molar-refractivity contribution in [3.63, 3.8) is 0 Å². The summed E-state index contributed by atoms with van der Waals surface area (Å²) in [7, 11) is 0. The van der Waals surface area contributed by atoms with Crippen LogP contribution < -0.4 is 4.74 Å². The molecule has 6 heteroatoms. The predicted molar refractivity (Wildman–Crippen MR) is 97.4 cm³/mol. The van der Waals surface area contributed by atoms with Gasteiger partial charge in [0.1, 0.15) is 18.2 Å². The fourth-order valence-corrected chi connectivity index (χ4v) is 3.89. The summed E-state index contributed by atoms with van der Waals surface area (Å²) in [5.41, 5.74) is 1.76. The van der Waals surface area contributed by atoms with Gasteiger partial charge < -0.3 is 9.84 Å². The molecule has 1 N–H and O–H groups in total. The Labute approximate surface area is 154 Å². The summed E-state index contributed by atoms with van der Waals surface area (Å²) in [6.07, 6.45) is 0. The van der Waals surface area contributed by atoms with Crippen molar-refractivity contribution in [3.05, 3.63) is 70.6 Å². The van der Waals surface area contributed by atoms with Crippen molar-refractivity contribution < 1.29 is 18.6 Å². The van der Waals surface area contributed by atoms with Crippen molar-refractivity contribution in [1.82, 2.24) is 4.90 Å². The van der Waals surface area contributed by atoms with Crippen LogP contribution in [0.1, 0.15) is 11.1 Å². The molecule has 0 bridgehead atoms. The van der Waals surface area contributed by atoms with Gasteiger partial charge in [-0.1, -0.05) is 12.1 Å². The van der Waals surface area contributed by atoms with Crippen LogP contribution >= 0.6 is 11.3 Å². The van der Waals surface area contributed by atoms with Crippen LogP contribution in [0.4, 0.5) is 8.78 Å². The van der Waals surface area contributed by atoms with E-state index < -0.39 is 11.6 Å². The van der Waals surface area contributed by atoms with E-state index >= 15 is 0 Å². The van der Waals surface area contributed by atoms with Gasteiger partial charge in [-0.05, 0) is 41.3 Å². The lowest BCUT2D eigenvalue weighted by Crippen LogP contribution is -2.26. The molecule has 0 aliphatic carbocycles. The Morgan fingerprint density at radius 2 is 1.92 bits per heavy atom. The zero-order chi connectivity index (χ0) is 18.1. The molecule has 1 aromatic heterocycles. The molecule has 0 unspecified atom stereocenters. The van der Waals surface area contributed by atoms with Crippen molar-refractivity contribution in [2.24, 2.45) is 0 Å². The summed E-state index contributed by atoms with van der Waals surface area (Å²) < 4.78 is 33.7. The van der Waals surface area contributed by atoms with Crippen LogP contribution in [0.15, 0.2) is 47.8 Å².